The first-order valence-electron chi connectivity index (χ1n) is 6.64. The van der Waals surface area contributed by atoms with Crippen LogP contribution in [0.5, 0.6) is 0 Å². The molecule has 3 saturated heterocycles. The van der Waals surface area contributed by atoms with Crippen LogP contribution >= 0.6 is 27.5 Å². The number of fused-ring (bicyclic) bond motifs is 1. The Balaban J connectivity index is 1.91. The van der Waals surface area contributed by atoms with Crippen molar-refractivity contribution in [2.45, 2.75) is 43.5 Å². The van der Waals surface area contributed by atoms with E-state index in [1.54, 1.807) is 6.08 Å². The maximum absolute atomic E-state index is 6.51. The van der Waals surface area contributed by atoms with Gasteiger partial charge >= 0.3 is 0 Å². The van der Waals surface area contributed by atoms with Crippen molar-refractivity contribution in [2.75, 3.05) is 0 Å². The van der Waals surface area contributed by atoms with Crippen molar-refractivity contribution in [1.29, 1.82) is 0 Å². The summed E-state index contributed by atoms with van der Waals surface area (Å²) in [5, 5.41) is -0.106. The molecular weight excluding hydrogens is 328 g/mol. The monoisotopic (exact) mass is 342 g/mol. The highest BCUT2D eigenvalue weighted by Gasteiger charge is 2.63. The smallest absolute Gasteiger partial charge is 0.128 e. The van der Waals surface area contributed by atoms with Gasteiger partial charge in [-0.05, 0) is 12.5 Å². The van der Waals surface area contributed by atoms with E-state index in [4.69, 9.17) is 27.5 Å². The average molecular weight is 344 g/mol. The molecule has 19 heavy (non-hydrogen) atoms. The van der Waals surface area contributed by atoms with E-state index in [1.165, 1.54) is 0 Å². The molecule has 0 aromatic rings. The van der Waals surface area contributed by atoms with Gasteiger partial charge in [-0.1, -0.05) is 34.9 Å². The molecule has 3 aliphatic rings. The van der Waals surface area contributed by atoms with Crippen LogP contribution in [0.2, 0.25) is 0 Å². The van der Waals surface area contributed by atoms with Crippen molar-refractivity contribution in [1.82, 2.24) is 0 Å². The van der Waals surface area contributed by atoms with Crippen molar-refractivity contribution in [3.8, 4) is 12.3 Å². The number of hydrogen-bond acceptors (Lipinski definition) is 2. The second-order valence-corrected chi connectivity index (χ2v) is 6.69. The summed E-state index contributed by atoms with van der Waals surface area (Å²) in [7, 11) is 0. The van der Waals surface area contributed by atoms with Gasteiger partial charge in [0.2, 0.25) is 0 Å². The van der Waals surface area contributed by atoms with E-state index in [0.717, 1.165) is 23.1 Å². The van der Waals surface area contributed by atoms with Crippen LogP contribution in [0.15, 0.2) is 22.4 Å². The van der Waals surface area contributed by atoms with Crippen molar-refractivity contribution < 1.29 is 9.47 Å². The summed E-state index contributed by atoms with van der Waals surface area (Å²) >= 11 is 10.1. The zero-order valence-corrected chi connectivity index (χ0v) is 13.0. The number of terminal acetylenes is 1. The lowest BCUT2D eigenvalue weighted by molar-refractivity contribution is 0.0690. The van der Waals surface area contributed by atoms with Crippen molar-refractivity contribution in [3.05, 3.63) is 22.4 Å². The van der Waals surface area contributed by atoms with Gasteiger partial charge in [0.1, 0.15) is 18.0 Å². The number of alkyl halides is 1. The van der Waals surface area contributed by atoms with Crippen molar-refractivity contribution in [3.63, 3.8) is 0 Å². The highest BCUT2D eigenvalue weighted by atomic mass is 79.9. The first-order chi connectivity index (χ1) is 9.17. The molecule has 0 aromatic carbocycles. The lowest BCUT2D eigenvalue weighted by Crippen LogP contribution is -2.34. The average Bonchev–Trinajstić information content (AvgIpc) is 3.02. The third-order valence-electron chi connectivity index (χ3n) is 4.26. The van der Waals surface area contributed by atoms with Crippen molar-refractivity contribution in [2.24, 2.45) is 11.8 Å². The third-order valence-corrected chi connectivity index (χ3v) is 5.65. The van der Waals surface area contributed by atoms with E-state index in [0.29, 0.717) is 0 Å². The Hall–Kier alpha value is -0.430. The van der Waals surface area contributed by atoms with Gasteiger partial charge in [0.25, 0.3) is 0 Å². The number of rotatable bonds is 3. The Labute approximate surface area is 127 Å². The highest BCUT2D eigenvalue weighted by Crippen LogP contribution is 2.56. The summed E-state index contributed by atoms with van der Waals surface area (Å²) in [5.74, 6) is 4.06. The van der Waals surface area contributed by atoms with E-state index < -0.39 is 0 Å². The molecule has 0 amide bonds. The summed E-state index contributed by atoms with van der Waals surface area (Å²) < 4.78 is 13.2. The van der Waals surface area contributed by atoms with Crippen LogP contribution in [0.1, 0.15) is 19.8 Å². The fourth-order valence-corrected chi connectivity index (χ4v) is 4.25. The molecule has 3 heterocycles. The summed E-state index contributed by atoms with van der Waals surface area (Å²) in [4.78, 5) is 0. The minimum atomic E-state index is -0.106. The van der Waals surface area contributed by atoms with Crippen LogP contribution in [0.4, 0.5) is 0 Å². The normalized spacial score (nSPS) is 43.4. The Morgan fingerprint density at radius 3 is 3.11 bits per heavy atom. The summed E-state index contributed by atoms with van der Waals surface area (Å²) in [5.41, 5.74) is 0. The van der Waals surface area contributed by atoms with Crippen LogP contribution in [-0.4, -0.2) is 23.7 Å². The van der Waals surface area contributed by atoms with E-state index in [9.17, 15) is 0 Å². The molecular formula is C15H16BrClO2. The third kappa shape index (κ3) is 2.05. The van der Waals surface area contributed by atoms with Gasteiger partial charge in [0.05, 0.1) is 17.4 Å². The largest absolute Gasteiger partial charge is 0.491 e. The fourth-order valence-electron chi connectivity index (χ4n) is 3.50. The predicted octanol–water partition coefficient (Wildman–Crippen LogP) is 3.60. The standard InChI is InChI=1S/C15H16BrClO2/c1-3-5-6-9(17)12-10-7-11-15(18-10)13(12)14(19-11)8(16)4-2/h1,5-6,9-13,15H,4,7H2,2H3/t9-,10-,11-,12+,13-,15+/m0/s1. The Morgan fingerprint density at radius 2 is 2.42 bits per heavy atom. The summed E-state index contributed by atoms with van der Waals surface area (Å²) in [6.45, 7) is 2.11. The van der Waals surface area contributed by atoms with Crippen LogP contribution < -0.4 is 0 Å². The zero-order valence-electron chi connectivity index (χ0n) is 10.7. The number of allylic oxidation sites excluding steroid dienone is 3. The molecule has 3 rings (SSSR count). The van der Waals surface area contributed by atoms with E-state index in [-0.39, 0.29) is 35.5 Å². The molecule has 0 saturated carbocycles. The van der Waals surface area contributed by atoms with Gasteiger partial charge in [0.15, 0.2) is 0 Å². The van der Waals surface area contributed by atoms with Crippen LogP contribution in [0.25, 0.3) is 0 Å². The lowest BCUT2D eigenvalue weighted by atomic mass is 9.77. The second-order valence-electron chi connectivity index (χ2n) is 5.23. The Bertz CT molecular complexity index is 477. The van der Waals surface area contributed by atoms with Gasteiger partial charge in [-0.3, -0.25) is 0 Å². The summed E-state index contributed by atoms with van der Waals surface area (Å²) in [6.07, 6.45) is 11.3. The Kier molecular flexibility index (Phi) is 3.68. The molecule has 4 heteroatoms. The lowest BCUT2D eigenvalue weighted by Gasteiger charge is -2.25. The molecule has 3 aliphatic heterocycles. The molecule has 0 aliphatic carbocycles. The SMILES string of the molecule is C#CC=C[C@H](Cl)[C@H]1[C@H]2C(=C(Br)CC)O[C@H]3C[C@@H]1O[C@@H]23. The molecule has 0 aromatic heterocycles. The van der Waals surface area contributed by atoms with Crippen molar-refractivity contribution >= 4 is 27.5 Å². The zero-order chi connectivity index (χ0) is 13.6. The van der Waals surface area contributed by atoms with E-state index in [1.807, 2.05) is 6.08 Å². The topological polar surface area (TPSA) is 18.5 Å². The number of ether oxygens (including phenoxy) is 2. The maximum atomic E-state index is 6.51. The molecule has 6 atom stereocenters. The molecule has 0 radical (unpaired) electrons. The molecule has 0 unspecified atom stereocenters. The molecule has 2 nitrogen and oxygen atoms in total. The Morgan fingerprint density at radius 1 is 1.63 bits per heavy atom. The first kappa shape index (κ1) is 13.5. The second kappa shape index (κ2) is 5.16. The molecule has 2 bridgehead atoms. The van der Waals surface area contributed by atoms with Gasteiger partial charge in [-0.25, -0.2) is 0 Å². The first-order valence-corrected chi connectivity index (χ1v) is 7.87. The molecule has 3 fully saturated rings. The maximum Gasteiger partial charge on any atom is 0.128 e. The van der Waals surface area contributed by atoms with Crippen LogP contribution in [0.3, 0.4) is 0 Å². The number of halogens is 2. The van der Waals surface area contributed by atoms with Crippen LogP contribution in [-0.2, 0) is 9.47 Å². The quantitative estimate of drug-likeness (QED) is 0.576. The minimum absolute atomic E-state index is 0.106. The summed E-state index contributed by atoms with van der Waals surface area (Å²) in [6, 6.07) is 0. The number of hydrogen-bond donors (Lipinski definition) is 0. The van der Waals surface area contributed by atoms with E-state index >= 15 is 0 Å². The molecule has 102 valence electrons. The fraction of sp³-hybridized carbons (Fsp3) is 0.600. The van der Waals surface area contributed by atoms with Crippen LogP contribution in [0, 0.1) is 24.2 Å². The van der Waals surface area contributed by atoms with Gasteiger partial charge in [-0.2, -0.15) is 0 Å². The highest BCUT2D eigenvalue weighted by molar-refractivity contribution is 9.11. The van der Waals surface area contributed by atoms with Gasteiger partial charge in [-0.15, -0.1) is 18.0 Å². The molecule has 0 N–H and O–H groups in total. The minimum Gasteiger partial charge on any atom is -0.491 e. The van der Waals surface area contributed by atoms with Gasteiger partial charge < -0.3 is 9.47 Å². The van der Waals surface area contributed by atoms with E-state index in [2.05, 4.69) is 28.8 Å². The predicted molar refractivity (Wildman–Crippen MR) is 79.0 cm³/mol. The molecule has 0 spiro atoms. The van der Waals surface area contributed by atoms with Gasteiger partial charge in [0, 0.05) is 16.8 Å².